The number of nitrogens with zero attached hydrogens (tertiary/aromatic N) is 5. The Hall–Kier alpha value is -4.72. The molecule has 0 bridgehead atoms. The number of carbonyl (C=O) groups excluding carboxylic acids is 2. The van der Waals surface area contributed by atoms with E-state index in [9.17, 15) is 58.8 Å². The van der Waals surface area contributed by atoms with Crippen molar-refractivity contribution in [2.45, 2.75) is 381 Å². The van der Waals surface area contributed by atoms with Crippen LogP contribution in [0.1, 0.15) is 217 Å². The van der Waals surface area contributed by atoms with Gasteiger partial charge >= 0.3 is 17.1 Å². The van der Waals surface area contributed by atoms with Crippen LogP contribution >= 0.6 is 20.1 Å². The van der Waals surface area contributed by atoms with Gasteiger partial charge in [0.05, 0.1) is 49.4 Å². The van der Waals surface area contributed by atoms with E-state index in [1.54, 1.807) is 0 Å². The van der Waals surface area contributed by atoms with E-state index in [1.807, 2.05) is 27.7 Å². The maximum Gasteiger partial charge on any atom is 0.330 e. The van der Waals surface area contributed by atoms with Crippen molar-refractivity contribution in [2.24, 2.45) is 29.6 Å². The lowest BCUT2D eigenvalue weighted by atomic mass is 9.93. The molecule has 3 aromatic heterocycles. The Morgan fingerprint density at radius 2 is 0.833 bits per heavy atom. The summed E-state index contributed by atoms with van der Waals surface area (Å²) in [6, 6.07) is 6.41. The quantitative estimate of drug-likeness (QED) is 0.00659. The van der Waals surface area contributed by atoms with Crippen LogP contribution < -0.4 is 39.1 Å². The van der Waals surface area contributed by atoms with Crippen LogP contribution in [0, 0.1) is 40.9 Å². The molecule has 2 amide bonds. The number of nitrogens with one attached hydrogen (secondary N) is 4. The third-order valence-electron chi connectivity index (χ3n) is 28.0. The van der Waals surface area contributed by atoms with E-state index in [0.717, 1.165) is 0 Å². The van der Waals surface area contributed by atoms with Gasteiger partial charge in [0.15, 0.2) is 52.0 Å². The molecule has 0 spiro atoms. The summed E-state index contributed by atoms with van der Waals surface area (Å²) in [4.78, 5) is 101. The molecule has 8 heterocycles. The summed E-state index contributed by atoms with van der Waals surface area (Å²) in [5, 5.41) is 52.5. The number of aliphatic hydroxyl groups is 4. The first-order valence-corrected chi connectivity index (χ1v) is 57.6. The molecular formula is C86H155ClN9O25PSi4. The average molecular weight is 1890 g/mol. The number of nitriles is 1. The molecule has 126 heavy (non-hydrogen) atoms. The van der Waals surface area contributed by atoms with Crippen LogP contribution in [0.3, 0.4) is 0 Å². The van der Waals surface area contributed by atoms with Crippen molar-refractivity contribution in [3.63, 3.8) is 0 Å². The molecule has 5 aliphatic heterocycles. The van der Waals surface area contributed by atoms with Crippen LogP contribution in [0.25, 0.3) is 0 Å². The predicted molar refractivity (Wildman–Crippen MR) is 495 cm³/mol. The second-order valence-electron chi connectivity index (χ2n) is 38.8. The number of aromatic nitrogens is 6. The molecule has 0 aromatic carbocycles. The van der Waals surface area contributed by atoms with Gasteiger partial charge in [-0.05, 0) is 150 Å². The molecule has 4 saturated heterocycles. The number of rotatable bonds is 38. The minimum atomic E-state index is -2.22. The van der Waals surface area contributed by atoms with Gasteiger partial charge in [-0.1, -0.05) is 156 Å². The molecule has 34 nitrogen and oxygen atoms in total. The molecule has 2 unspecified atom stereocenters. The third-order valence-corrected chi connectivity index (χ3v) is 48.5. The smallest absolute Gasteiger partial charge is 0.330 e. The van der Waals surface area contributed by atoms with Gasteiger partial charge in [-0.2, -0.15) is 5.26 Å². The summed E-state index contributed by atoms with van der Waals surface area (Å²) in [6.45, 7) is 69.1. The molecule has 4 fully saturated rings. The van der Waals surface area contributed by atoms with Gasteiger partial charge in [0.1, 0.15) is 81.4 Å². The van der Waals surface area contributed by atoms with E-state index in [2.05, 4.69) is 222 Å². The predicted octanol–water partition coefficient (Wildman–Crippen LogP) is 12.5. The Morgan fingerprint density at radius 3 is 1.19 bits per heavy atom. The van der Waals surface area contributed by atoms with Crippen LogP contribution in [-0.4, -0.2) is 223 Å². The Kier molecular flexibility index (Phi) is 44.0. The number of amides is 2. The Bertz CT molecular complexity index is 4330. The van der Waals surface area contributed by atoms with Crippen molar-refractivity contribution in [1.29, 1.82) is 5.26 Å². The monoisotopic (exact) mass is 1890 g/mol. The van der Waals surface area contributed by atoms with E-state index >= 15 is 0 Å². The van der Waals surface area contributed by atoms with Crippen molar-refractivity contribution in [2.75, 3.05) is 33.1 Å². The van der Waals surface area contributed by atoms with E-state index in [0.29, 0.717) is 55.4 Å². The maximum absolute atomic E-state index is 12.8. The lowest BCUT2D eigenvalue weighted by Crippen LogP contribution is -2.47. The first kappa shape index (κ1) is 114. The SMILES string of the molecule is CC(C)C(C)(C)[Si](C)(C)OCCl.CC[C@H]1O[C@@H](C2C=CC(=O)NC2=O)[C@H](O)[C@@H]1O.CC[C@H]1O[C@@H](n2ccc(=O)[nH]c2=O)[C@H](O)[C@@H]1OCO[Si](C)(C)C(C)(C)C(C)C.CC[C@H]1O[C@@H](n2ccc(=O)[nH]c2=O)[C@H](OCO[Si](C)(C)C(C)(C)C(C)C)[C@@H]1O.CC[C@H]1O[C@@H](n2ccc(=O)[nH]c2=O)[C@H](OCO[Si](C)(C)C(C)(C)C(C)C)[C@@H]1OP(OCCC#N)N(C(C)C)C(C)C. The summed E-state index contributed by atoms with van der Waals surface area (Å²) < 4.78 is 85.1. The lowest BCUT2D eigenvalue weighted by molar-refractivity contribution is -0.135. The fraction of sp³-hybridized carbons (Fsp3) is 0.802. The first-order chi connectivity index (χ1) is 58.2. The Labute approximate surface area is 756 Å². The molecule has 40 heteroatoms. The summed E-state index contributed by atoms with van der Waals surface area (Å²) in [7, 11) is -9.60. The molecular weight excluding hydrogens is 1740 g/mol. The van der Waals surface area contributed by atoms with Crippen molar-refractivity contribution in [1.82, 2.24) is 38.6 Å². The maximum atomic E-state index is 12.8. The minimum absolute atomic E-state index is 0.000409. The molecule has 0 saturated carbocycles. The number of halogens is 1. The molecule has 8 N–H and O–H groups in total. The zero-order valence-electron chi connectivity index (χ0n) is 80.9. The Morgan fingerprint density at radius 1 is 0.484 bits per heavy atom. The average Bonchev–Trinajstić information content (AvgIpc) is 1.62. The van der Waals surface area contributed by atoms with Gasteiger partial charge in [-0.25, -0.2) is 19.1 Å². The highest BCUT2D eigenvalue weighted by molar-refractivity contribution is 7.44. The van der Waals surface area contributed by atoms with E-state index in [-0.39, 0.29) is 71.7 Å². The second kappa shape index (κ2) is 48.8. The fourth-order valence-electron chi connectivity index (χ4n) is 14.4. The second-order valence-corrected chi connectivity index (χ2v) is 58.8. The van der Waals surface area contributed by atoms with Gasteiger partial charge in [0.25, 0.3) is 25.2 Å². The van der Waals surface area contributed by atoms with Gasteiger partial charge < -0.3 is 80.3 Å². The van der Waals surface area contributed by atoms with Crippen molar-refractivity contribution in [3.05, 3.63) is 111 Å². The summed E-state index contributed by atoms with van der Waals surface area (Å²) in [6.07, 6.45) is -2.72. The largest absolute Gasteiger partial charge is 0.403 e. The van der Waals surface area contributed by atoms with Crippen LogP contribution in [-0.2, 0) is 69.5 Å². The number of imide groups is 1. The van der Waals surface area contributed by atoms with Crippen LogP contribution in [0.2, 0.25) is 72.5 Å². The third kappa shape index (κ3) is 28.7. The summed E-state index contributed by atoms with van der Waals surface area (Å²) in [5.74, 6) is 0.244. The molecule has 722 valence electrons. The Balaban J connectivity index is 0.000000348. The van der Waals surface area contributed by atoms with Crippen molar-refractivity contribution < 1.29 is 89.9 Å². The molecule has 3 aromatic rings. The molecule has 18 atom stereocenters. The van der Waals surface area contributed by atoms with Gasteiger partial charge in [-0.15, -0.1) is 0 Å². The number of aliphatic hydroxyl groups excluding tert-OH is 4. The zero-order chi connectivity index (χ0) is 96.2. The van der Waals surface area contributed by atoms with E-state index in [1.165, 1.54) is 62.6 Å². The molecule has 5 aliphatic rings. The number of carbonyl (C=O) groups is 2. The number of hydrogen-bond donors (Lipinski definition) is 8. The standard InChI is InChI=1S/C28H51N4O7PSi.2C19H34N2O6Si.C11H15NO5.C9H21ClOSi/c1-12-22-24(39-40(36-17-13-15-29)32(20(4)5)21(6)7)25(26(38-22)31-16-14-23(33)30-27(31)34)35-18-37-41(10,11)28(8,9)19(2)3;1-8-13-16(25-11-26-28(6,7)19(4,5)12(2)3)15(23)17(27-13)21-10-9-14(22)20-18(21)24;1-8-13-15(23)16(17(27-13)21-10-9-14(22)20-18(21)24)25-11-26-28(6,7)19(4,5)12(2)3;1-2-6-8(14)9(15)10(17-6)5-3-4-7(13)12-11(5)16;1-8(2)9(3,4)12(5,6)11-7-10/h14,16,19-22,24-26H,12-13,17-18H2,1-11H3,(H,30,33,34);2*9-10,12-13,15-17,23H,8,11H2,1-7H3,(H,20,22,24);3-6,8-10,14-15H,2H2,1H3,(H,12,13,16);8H,7H2,1-6H3/t22-,24-,25-,26-,40?;2*13-,15-,16-,17-;5?,6-,8-,9-,10+;/m1111./s1. The first-order valence-electron chi connectivity index (χ1n) is 44.3. The normalized spacial score (nSPS) is 26.0. The topological polar surface area (TPSA) is 439 Å². The van der Waals surface area contributed by atoms with Crippen LogP contribution in [0.15, 0.2) is 77.7 Å². The fourth-order valence-corrected chi connectivity index (χ4v) is 25.4. The number of H-pyrrole nitrogens is 3. The van der Waals surface area contributed by atoms with Gasteiger partial charge in [0, 0.05) is 54.9 Å². The minimum Gasteiger partial charge on any atom is -0.403 e. The van der Waals surface area contributed by atoms with E-state index in [4.69, 9.17) is 76.8 Å². The molecule has 0 radical (unpaired) electrons. The highest BCUT2D eigenvalue weighted by atomic mass is 35.5. The molecule has 8 rings (SSSR count). The number of ether oxygens (including phenoxy) is 7. The number of alkyl halides is 1. The lowest BCUT2D eigenvalue weighted by Gasteiger charge is -2.42. The van der Waals surface area contributed by atoms with Crippen LogP contribution in [0.4, 0.5) is 0 Å². The molecule has 0 aliphatic carbocycles. The highest BCUT2D eigenvalue weighted by Gasteiger charge is 2.54. The summed E-state index contributed by atoms with van der Waals surface area (Å²) in [5.41, 5.74) is -3.31. The van der Waals surface area contributed by atoms with Gasteiger partial charge in [-0.3, -0.25) is 57.9 Å². The van der Waals surface area contributed by atoms with E-state index < -0.39 is 185 Å². The zero-order valence-corrected chi connectivity index (χ0v) is 86.5. The number of hydrogen-bond acceptors (Lipinski definition) is 27. The van der Waals surface area contributed by atoms with Gasteiger partial charge in [0.2, 0.25) is 11.8 Å². The number of aromatic amines is 3. The highest BCUT2D eigenvalue weighted by Crippen LogP contribution is 2.53. The van der Waals surface area contributed by atoms with Crippen molar-refractivity contribution in [3.8, 4) is 6.07 Å². The summed E-state index contributed by atoms with van der Waals surface area (Å²) >= 11 is 5.61. The van der Waals surface area contributed by atoms with Crippen molar-refractivity contribution >= 4 is 65.2 Å². The van der Waals surface area contributed by atoms with Crippen LogP contribution in [0.5, 0.6) is 0 Å².